The molecule has 0 bridgehead atoms. The molecule has 3 saturated heterocycles. The third kappa shape index (κ3) is 5.21. The van der Waals surface area contributed by atoms with E-state index in [4.69, 9.17) is 9.26 Å². The highest BCUT2D eigenvalue weighted by Gasteiger charge is 2.36. The Balaban J connectivity index is 1.04. The van der Waals surface area contributed by atoms with Gasteiger partial charge in [-0.3, -0.25) is 4.79 Å². The maximum absolute atomic E-state index is 13.4. The molecule has 38 heavy (non-hydrogen) atoms. The van der Waals surface area contributed by atoms with Crippen LogP contribution in [-0.2, 0) is 26.0 Å². The Bertz CT molecular complexity index is 1380. The van der Waals surface area contributed by atoms with Crippen LogP contribution in [0.4, 0.5) is 0 Å². The lowest BCUT2D eigenvalue weighted by Gasteiger charge is -2.37. The van der Waals surface area contributed by atoms with E-state index in [1.165, 1.54) is 4.31 Å². The van der Waals surface area contributed by atoms with Crippen molar-refractivity contribution >= 4 is 38.7 Å². The summed E-state index contributed by atoms with van der Waals surface area (Å²) in [5, 5.41) is 4.21. The van der Waals surface area contributed by atoms with Gasteiger partial charge in [0.25, 0.3) is 0 Å². The van der Waals surface area contributed by atoms with Gasteiger partial charge in [0.15, 0.2) is 5.82 Å². The van der Waals surface area contributed by atoms with Crippen LogP contribution in [0, 0.1) is 11.8 Å². The molecule has 11 nitrogen and oxygen atoms in total. The molecule has 2 aromatic heterocycles. The van der Waals surface area contributed by atoms with Crippen molar-refractivity contribution in [2.45, 2.75) is 55.8 Å². The van der Waals surface area contributed by atoms with Crippen molar-refractivity contribution in [1.82, 2.24) is 28.1 Å². The van der Waals surface area contributed by atoms with Crippen molar-refractivity contribution in [3.63, 3.8) is 0 Å². The fourth-order valence-corrected chi connectivity index (χ4v) is 8.10. The SMILES string of the molecule is O=C(C1CCN(S(=O)(=O)c2cccc3nsnc23)CC1)N1CCCC(Cc2nc(C3CCOCC3)no2)C1. The second kappa shape index (κ2) is 10.9. The second-order valence-electron chi connectivity index (χ2n) is 10.5. The lowest BCUT2D eigenvalue weighted by molar-refractivity contribution is -0.138. The molecule has 1 unspecified atom stereocenters. The monoisotopic (exact) mass is 560 g/mol. The molecule has 0 aliphatic carbocycles. The molecule has 13 heteroatoms. The largest absolute Gasteiger partial charge is 0.381 e. The van der Waals surface area contributed by atoms with Crippen molar-refractivity contribution in [1.29, 1.82) is 0 Å². The van der Waals surface area contributed by atoms with E-state index in [-0.39, 0.29) is 22.6 Å². The Morgan fingerprint density at radius 3 is 2.68 bits per heavy atom. The van der Waals surface area contributed by atoms with E-state index in [1.54, 1.807) is 18.2 Å². The summed E-state index contributed by atoms with van der Waals surface area (Å²) >= 11 is 1.01. The van der Waals surface area contributed by atoms with Crippen molar-refractivity contribution in [2.75, 3.05) is 39.4 Å². The van der Waals surface area contributed by atoms with E-state index < -0.39 is 10.0 Å². The topological polar surface area (TPSA) is 132 Å². The molecule has 3 fully saturated rings. The predicted octanol–water partition coefficient (Wildman–Crippen LogP) is 2.85. The molecular formula is C25H32N6O5S2. The number of carbonyl (C=O) groups is 1. The van der Waals surface area contributed by atoms with E-state index >= 15 is 0 Å². The summed E-state index contributed by atoms with van der Waals surface area (Å²) in [7, 11) is -3.70. The Morgan fingerprint density at radius 2 is 1.87 bits per heavy atom. The Morgan fingerprint density at radius 1 is 1.05 bits per heavy atom. The first-order chi connectivity index (χ1) is 18.5. The van der Waals surface area contributed by atoms with E-state index in [9.17, 15) is 13.2 Å². The third-order valence-corrected chi connectivity index (χ3v) is 10.5. The lowest BCUT2D eigenvalue weighted by Crippen LogP contribution is -2.47. The minimum absolute atomic E-state index is 0.131. The summed E-state index contributed by atoms with van der Waals surface area (Å²) < 4.78 is 47.5. The molecular weight excluding hydrogens is 528 g/mol. The van der Waals surface area contributed by atoms with Crippen molar-refractivity contribution in [3.05, 3.63) is 29.9 Å². The van der Waals surface area contributed by atoms with Crippen molar-refractivity contribution in [2.24, 2.45) is 11.8 Å². The van der Waals surface area contributed by atoms with Crippen LogP contribution in [-0.4, -0.2) is 81.8 Å². The van der Waals surface area contributed by atoms with E-state index in [2.05, 4.69) is 18.9 Å². The molecule has 0 radical (unpaired) electrons. The number of aromatic nitrogens is 4. The van der Waals surface area contributed by atoms with Gasteiger partial charge in [0.1, 0.15) is 15.9 Å². The first kappa shape index (κ1) is 25.8. The number of likely N-dealkylation sites (tertiary alicyclic amines) is 1. The molecule has 3 aliphatic rings. The normalized spacial score (nSPS) is 22.7. The van der Waals surface area contributed by atoms with Crippen molar-refractivity contribution < 1.29 is 22.5 Å². The number of rotatable bonds is 6. The van der Waals surface area contributed by atoms with E-state index in [0.29, 0.717) is 61.7 Å². The summed E-state index contributed by atoms with van der Waals surface area (Å²) in [6.07, 6.45) is 5.51. The molecule has 3 aliphatic heterocycles. The van der Waals surface area contributed by atoms with E-state index in [1.807, 2.05) is 4.90 Å². The minimum atomic E-state index is -3.70. The van der Waals surface area contributed by atoms with Gasteiger partial charge in [0.05, 0.1) is 11.7 Å². The second-order valence-corrected chi connectivity index (χ2v) is 12.9. The number of nitrogens with zero attached hydrogens (tertiary/aromatic N) is 6. The number of carbonyl (C=O) groups excluding carboxylic acids is 1. The zero-order chi connectivity index (χ0) is 26.1. The zero-order valence-corrected chi connectivity index (χ0v) is 22.8. The molecule has 1 amide bonds. The van der Waals surface area contributed by atoms with E-state index in [0.717, 1.165) is 63.0 Å². The third-order valence-electron chi connectivity index (χ3n) is 8.03. The Labute approximate surface area is 225 Å². The highest BCUT2D eigenvalue weighted by molar-refractivity contribution is 7.89. The number of piperidine rings is 2. The van der Waals surface area contributed by atoms with Gasteiger partial charge >= 0.3 is 0 Å². The zero-order valence-electron chi connectivity index (χ0n) is 21.2. The number of benzene rings is 1. The Hall–Kier alpha value is -2.48. The van der Waals surface area contributed by atoms with Gasteiger partial charge in [-0.25, -0.2) is 8.42 Å². The first-order valence-corrected chi connectivity index (χ1v) is 15.6. The van der Waals surface area contributed by atoms with Crippen LogP contribution in [0.2, 0.25) is 0 Å². The highest BCUT2D eigenvalue weighted by Crippen LogP contribution is 2.30. The van der Waals surface area contributed by atoms with Crippen LogP contribution in [0.3, 0.4) is 0 Å². The smallest absolute Gasteiger partial charge is 0.245 e. The van der Waals surface area contributed by atoms with Gasteiger partial charge in [0.2, 0.25) is 21.8 Å². The lowest BCUT2D eigenvalue weighted by atomic mass is 9.91. The molecule has 6 rings (SSSR count). The number of hydrogen-bond acceptors (Lipinski definition) is 10. The molecule has 5 heterocycles. The fourth-order valence-electron chi connectivity index (χ4n) is 5.88. The molecule has 0 N–H and O–H groups in total. The van der Waals surface area contributed by atoms with Crippen LogP contribution in [0.15, 0.2) is 27.6 Å². The van der Waals surface area contributed by atoms with Gasteiger partial charge < -0.3 is 14.2 Å². The molecule has 3 aromatic rings. The number of sulfonamides is 1. The fraction of sp³-hybridized carbons (Fsp3) is 0.640. The molecule has 1 aromatic carbocycles. The Kier molecular flexibility index (Phi) is 7.43. The predicted molar refractivity (Wildman–Crippen MR) is 139 cm³/mol. The summed E-state index contributed by atoms with van der Waals surface area (Å²) in [4.78, 5) is 20.2. The van der Waals surface area contributed by atoms with Crippen LogP contribution in [0.5, 0.6) is 0 Å². The number of amides is 1. The summed E-state index contributed by atoms with van der Waals surface area (Å²) in [6, 6.07) is 5.04. The maximum atomic E-state index is 13.4. The summed E-state index contributed by atoms with van der Waals surface area (Å²) in [5.41, 5.74) is 0.998. The maximum Gasteiger partial charge on any atom is 0.245 e. The van der Waals surface area contributed by atoms with Gasteiger partial charge in [-0.2, -0.15) is 18.0 Å². The number of fused-ring (bicyclic) bond motifs is 1. The minimum Gasteiger partial charge on any atom is -0.381 e. The average Bonchev–Trinajstić information content (AvgIpc) is 3.63. The van der Waals surface area contributed by atoms with Crippen LogP contribution in [0.1, 0.15) is 56.2 Å². The molecule has 0 spiro atoms. The van der Waals surface area contributed by atoms with Crippen molar-refractivity contribution in [3.8, 4) is 0 Å². The summed E-state index contributed by atoms with van der Waals surface area (Å²) in [5.74, 6) is 1.96. The number of hydrogen-bond donors (Lipinski definition) is 0. The standard InChI is InChI=1S/C25H32N6O5S2/c32-25(19-6-11-31(12-7-19)38(33,34)21-5-1-4-20-23(21)29-37-28-20)30-10-2-3-17(16-30)15-22-26-24(27-36-22)18-8-13-35-14-9-18/h1,4-5,17-19H,2-3,6-16H2. The molecule has 204 valence electrons. The van der Waals surface area contributed by atoms with Gasteiger partial charge in [-0.15, -0.1) is 0 Å². The van der Waals surface area contributed by atoms with Crippen LogP contribution >= 0.6 is 11.7 Å². The highest BCUT2D eigenvalue weighted by atomic mass is 32.2. The van der Waals surface area contributed by atoms with Gasteiger partial charge in [-0.05, 0) is 56.6 Å². The van der Waals surface area contributed by atoms with Crippen LogP contribution in [0.25, 0.3) is 11.0 Å². The summed E-state index contributed by atoms with van der Waals surface area (Å²) in [6.45, 7) is 3.52. The number of ether oxygens (including phenoxy) is 1. The average molecular weight is 561 g/mol. The molecule has 0 saturated carbocycles. The van der Waals surface area contributed by atoms with Crippen LogP contribution < -0.4 is 0 Å². The molecule has 1 atom stereocenters. The van der Waals surface area contributed by atoms with Gasteiger partial charge in [-0.1, -0.05) is 11.2 Å². The quantitative estimate of drug-likeness (QED) is 0.446. The first-order valence-electron chi connectivity index (χ1n) is 13.4. The van der Waals surface area contributed by atoms with Gasteiger partial charge in [0, 0.05) is 57.6 Å².